The number of hydrogen-bond acceptors (Lipinski definition) is 7. The Morgan fingerprint density at radius 3 is 2.96 bits per heavy atom. The van der Waals surface area contributed by atoms with Crippen LogP contribution in [0, 0.1) is 23.2 Å². The van der Waals surface area contributed by atoms with Crippen molar-refractivity contribution in [2.24, 2.45) is 11.8 Å². The highest BCUT2D eigenvalue weighted by atomic mass is 32.1. The van der Waals surface area contributed by atoms with Gasteiger partial charge >= 0.3 is 0 Å². The predicted molar refractivity (Wildman–Crippen MR) is 97.5 cm³/mol. The molecule has 1 saturated carbocycles. The van der Waals surface area contributed by atoms with E-state index < -0.39 is 0 Å². The molecule has 1 aliphatic carbocycles. The van der Waals surface area contributed by atoms with Gasteiger partial charge in [0, 0.05) is 32.3 Å². The molecule has 1 atom stereocenters. The number of nitriles is 1. The number of nitrogens with zero attached hydrogens (tertiary/aromatic N) is 4. The molecule has 2 aromatic rings. The highest BCUT2D eigenvalue weighted by molar-refractivity contribution is 7.22. The van der Waals surface area contributed by atoms with Crippen molar-refractivity contribution >= 4 is 38.4 Å². The van der Waals surface area contributed by atoms with Gasteiger partial charge in [-0.05, 0) is 31.7 Å². The Bertz CT molecular complexity index is 796. The van der Waals surface area contributed by atoms with Crippen LogP contribution < -0.4 is 10.2 Å². The molecule has 2 aliphatic rings. The number of rotatable bonds is 3. The van der Waals surface area contributed by atoms with Gasteiger partial charge in [0.15, 0.2) is 10.9 Å². The van der Waals surface area contributed by atoms with Crippen LogP contribution >= 0.6 is 11.3 Å². The van der Waals surface area contributed by atoms with Gasteiger partial charge < -0.3 is 15.3 Å². The molecule has 1 aliphatic heterocycles. The molecule has 7 nitrogen and oxygen atoms in total. The fourth-order valence-electron chi connectivity index (χ4n) is 2.89. The molecule has 132 valence electrons. The van der Waals surface area contributed by atoms with E-state index in [4.69, 9.17) is 10.4 Å². The first-order valence-electron chi connectivity index (χ1n) is 8.40. The van der Waals surface area contributed by atoms with E-state index in [0.717, 1.165) is 61.2 Å². The zero-order valence-corrected chi connectivity index (χ0v) is 14.9. The van der Waals surface area contributed by atoms with E-state index in [2.05, 4.69) is 26.3 Å². The smallest absolute Gasteiger partial charge is 0.228 e. The number of hydrogen-bond donors (Lipinski definition) is 2. The van der Waals surface area contributed by atoms with Gasteiger partial charge in [-0.25, -0.2) is 9.97 Å². The fourth-order valence-corrected chi connectivity index (χ4v) is 3.93. The lowest BCUT2D eigenvalue weighted by molar-refractivity contribution is -0.117. The van der Waals surface area contributed by atoms with Gasteiger partial charge in [-0.1, -0.05) is 11.3 Å². The summed E-state index contributed by atoms with van der Waals surface area (Å²) in [5.41, 5.74) is 0.852. The number of thiazole rings is 1. The number of carbonyl (C=O) groups excluding carboxylic acids is 1. The molecule has 0 spiro atoms. The third kappa shape index (κ3) is 3.89. The summed E-state index contributed by atoms with van der Waals surface area (Å²) in [4.78, 5) is 23.2. The topological polar surface area (TPSA) is 102 Å². The summed E-state index contributed by atoms with van der Waals surface area (Å²) >= 11 is 1.55. The van der Waals surface area contributed by atoms with Gasteiger partial charge in [-0.15, -0.1) is 0 Å². The van der Waals surface area contributed by atoms with E-state index in [0.29, 0.717) is 5.82 Å². The van der Waals surface area contributed by atoms with Crippen molar-refractivity contribution < 1.29 is 9.90 Å². The molecule has 1 saturated heterocycles. The molecule has 4 rings (SSSR count). The summed E-state index contributed by atoms with van der Waals surface area (Å²) in [7, 11) is 1.00. The van der Waals surface area contributed by atoms with Crippen LogP contribution in [0.15, 0.2) is 12.3 Å². The number of pyridine rings is 1. The van der Waals surface area contributed by atoms with Gasteiger partial charge in [0.2, 0.25) is 5.91 Å². The summed E-state index contributed by atoms with van der Waals surface area (Å²) in [6.07, 6.45) is 5.60. The van der Waals surface area contributed by atoms with E-state index in [9.17, 15) is 4.79 Å². The normalized spacial score (nSPS) is 19.7. The van der Waals surface area contributed by atoms with E-state index in [1.54, 1.807) is 17.5 Å². The Morgan fingerprint density at radius 1 is 1.44 bits per heavy atom. The molecule has 2 aromatic heterocycles. The second-order valence-corrected chi connectivity index (χ2v) is 7.16. The number of fused-ring (bicyclic) bond motifs is 1. The standard InChI is InChI=1S/C16H17N5OS.CH4O/c17-8-10-2-1-7-21(9-10)16-19-12-5-6-18-14(13(12)23-16)20-15(22)11-3-4-11;1-2/h5-6,10-11H,1-4,7,9H2,(H,18,20,22);2H,1H3. The van der Waals surface area contributed by atoms with E-state index in [1.165, 1.54) is 0 Å². The SMILES string of the molecule is CO.N#CC1CCCN(c2nc3ccnc(NC(=O)C4CC4)c3s2)C1. The Hall–Kier alpha value is -2.24. The van der Waals surface area contributed by atoms with Gasteiger partial charge in [0.05, 0.1) is 22.2 Å². The number of aromatic nitrogens is 2. The summed E-state index contributed by atoms with van der Waals surface area (Å²) in [5.74, 6) is 0.889. The Balaban J connectivity index is 0.000000880. The summed E-state index contributed by atoms with van der Waals surface area (Å²) < 4.78 is 0.913. The van der Waals surface area contributed by atoms with Crippen LogP contribution in [-0.4, -0.2) is 41.2 Å². The van der Waals surface area contributed by atoms with Crippen LogP contribution in [0.1, 0.15) is 25.7 Å². The molecule has 3 heterocycles. The van der Waals surface area contributed by atoms with Crippen LogP contribution in [0.5, 0.6) is 0 Å². The van der Waals surface area contributed by atoms with E-state index >= 15 is 0 Å². The number of amides is 1. The minimum atomic E-state index is 0.0578. The van der Waals surface area contributed by atoms with Crippen LogP contribution in [0.2, 0.25) is 0 Å². The Morgan fingerprint density at radius 2 is 2.24 bits per heavy atom. The van der Waals surface area contributed by atoms with Crippen LogP contribution in [0.25, 0.3) is 10.2 Å². The zero-order chi connectivity index (χ0) is 17.8. The maximum absolute atomic E-state index is 12.0. The molecule has 1 amide bonds. The van der Waals surface area contributed by atoms with Gasteiger partial charge in [0.25, 0.3) is 0 Å². The maximum atomic E-state index is 12.0. The number of piperidine rings is 1. The van der Waals surface area contributed by atoms with Crippen LogP contribution in [-0.2, 0) is 4.79 Å². The average Bonchev–Trinajstić information content (AvgIpc) is 3.42. The van der Waals surface area contributed by atoms with Crippen molar-refractivity contribution in [3.05, 3.63) is 12.3 Å². The van der Waals surface area contributed by atoms with Crippen molar-refractivity contribution in [3.63, 3.8) is 0 Å². The third-order valence-corrected chi connectivity index (χ3v) is 5.50. The number of aliphatic hydroxyl groups excluding tert-OH is 1. The fraction of sp³-hybridized carbons (Fsp3) is 0.529. The number of carbonyl (C=O) groups is 1. The quantitative estimate of drug-likeness (QED) is 0.872. The first-order valence-corrected chi connectivity index (χ1v) is 9.22. The maximum Gasteiger partial charge on any atom is 0.228 e. The largest absolute Gasteiger partial charge is 0.400 e. The zero-order valence-electron chi connectivity index (χ0n) is 14.1. The minimum absolute atomic E-state index is 0.0578. The lowest BCUT2D eigenvalue weighted by Gasteiger charge is -2.28. The molecule has 8 heteroatoms. The molecule has 2 N–H and O–H groups in total. The lowest BCUT2D eigenvalue weighted by Crippen LogP contribution is -2.34. The van der Waals surface area contributed by atoms with Gasteiger partial charge in [-0.2, -0.15) is 5.26 Å². The highest BCUT2D eigenvalue weighted by Gasteiger charge is 2.30. The summed E-state index contributed by atoms with van der Waals surface area (Å²) in [6.45, 7) is 1.66. The Labute approximate surface area is 150 Å². The highest BCUT2D eigenvalue weighted by Crippen LogP contribution is 2.36. The molecule has 2 fully saturated rings. The Kier molecular flexibility index (Phi) is 5.46. The third-order valence-electron chi connectivity index (χ3n) is 4.36. The first kappa shape index (κ1) is 17.6. The summed E-state index contributed by atoms with van der Waals surface area (Å²) in [5, 5.41) is 20.0. The molecule has 0 aromatic carbocycles. The first-order chi connectivity index (χ1) is 12.2. The molecule has 0 radical (unpaired) electrons. The second-order valence-electron chi connectivity index (χ2n) is 6.18. The molecular formula is C17H21N5O2S. The molecule has 0 bridgehead atoms. The van der Waals surface area contributed by atoms with E-state index in [-0.39, 0.29) is 17.7 Å². The number of anilines is 2. The van der Waals surface area contributed by atoms with Crippen molar-refractivity contribution in [2.45, 2.75) is 25.7 Å². The van der Waals surface area contributed by atoms with Crippen LogP contribution in [0.3, 0.4) is 0 Å². The number of nitrogens with one attached hydrogen (secondary N) is 1. The second kappa shape index (κ2) is 7.76. The molecular weight excluding hydrogens is 338 g/mol. The molecule has 1 unspecified atom stereocenters. The van der Waals surface area contributed by atoms with Crippen molar-refractivity contribution in [1.29, 1.82) is 5.26 Å². The lowest BCUT2D eigenvalue weighted by atomic mass is 10.0. The van der Waals surface area contributed by atoms with Crippen molar-refractivity contribution in [3.8, 4) is 6.07 Å². The van der Waals surface area contributed by atoms with Gasteiger partial charge in [-0.3, -0.25) is 4.79 Å². The van der Waals surface area contributed by atoms with Gasteiger partial charge in [0.1, 0.15) is 0 Å². The van der Waals surface area contributed by atoms with Crippen molar-refractivity contribution in [1.82, 2.24) is 9.97 Å². The average molecular weight is 359 g/mol. The van der Waals surface area contributed by atoms with Crippen LogP contribution in [0.4, 0.5) is 10.9 Å². The van der Waals surface area contributed by atoms with Crippen molar-refractivity contribution in [2.75, 3.05) is 30.4 Å². The molecule has 25 heavy (non-hydrogen) atoms. The summed E-state index contributed by atoms with van der Waals surface area (Å²) in [6, 6.07) is 4.23. The monoisotopic (exact) mass is 359 g/mol. The minimum Gasteiger partial charge on any atom is -0.400 e. The number of aliphatic hydroxyl groups is 1. The van der Waals surface area contributed by atoms with E-state index in [1.807, 2.05) is 6.07 Å². The predicted octanol–water partition coefficient (Wildman–Crippen LogP) is 2.39.